The Balaban J connectivity index is 1.84. The van der Waals surface area contributed by atoms with E-state index in [1.165, 1.54) is 0 Å². The van der Waals surface area contributed by atoms with Crippen molar-refractivity contribution in [3.63, 3.8) is 0 Å². The maximum atomic E-state index is 12.4. The zero-order valence-corrected chi connectivity index (χ0v) is 11.8. The molecule has 0 spiro atoms. The van der Waals surface area contributed by atoms with E-state index < -0.39 is 0 Å². The van der Waals surface area contributed by atoms with Crippen LogP contribution in [0.5, 0.6) is 0 Å². The van der Waals surface area contributed by atoms with Crippen molar-refractivity contribution >= 4 is 22.5 Å². The SMILES string of the molecule is CNCc1cccc(NC(=O)c2c[nH]c3ccccc23)c1. The number of aromatic nitrogens is 1. The Morgan fingerprint density at radius 3 is 2.86 bits per heavy atom. The highest BCUT2D eigenvalue weighted by Crippen LogP contribution is 2.19. The minimum atomic E-state index is -0.103. The van der Waals surface area contributed by atoms with Gasteiger partial charge in [-0.25, -0.2) is 0 Å². The first-order valence-electron chi connectivity index (χ1n) is 6.89. The molecule has 0 saturated carbocycles. The van der Waals surface area contributed by atoms with Gasteiger partial charge in [-0.2, -0.15) is 0 Å². The summed E-state index contributed by atoms with van der Waals surface area (Å²) in [5, 5.41) is 6.98. The van der Waals surface area contributed by atoms with Gasteiger partial charge >= 0.3 is 0 Å². The Kier molecular flexibility index (Phi) is 3.71. The number of H-pyrrole nitrogens is 1. The molecule has 0 fully saturated rings. The molecule has 0 aliphatic rings. The number of para-hydroxylation sites is 1. The molecule has 0 saturated heterocycles. The van der Waals surface area contributed by atoms with E-state index >= 15 is 0 Å². The summed E-state index contributed by atoms with van der Waals surface area (Å²) in [5.74, 6) is -0.103. The van der Waals surface area contributed by atoms with Crippen LogP contribution in [0.3, 0.4) is 0 Å². The fourth-order valence-electron chi connectivity index (χ4n) is 2.42. The predicted octanol–water partition coefficient (Wildman–Crippen LogP) is 3.14. The van der Waals surface area contributed by atoms with E-state index in [0.717, 1.165) is 28.7 Å². The van der Waals surface area contributed by atoms with Gasteiger partial charge < -0.3 is 15.6 Å². The van der Waals surface area contributed by atoms with Crippen LogP contribution in [-0.4, -0.2) is 17.9 Å². The number of fused-ring (bicyclic) bond motifs is 1. The number of hydrogen-bond donors (Lipinski definition) is 3. The highest BCUT2D eigenvalue weighted by atomic mass is 16.1. The zero-order valence-electron chi connectivity index (χ0n) is 11.8. The fraction of sp³-hybridized carbons (Fsp3) is 0.118. The lowest BCUT2D eigenvalue weighted by Crippen LogP contribution is -2.12. The minimum Gasteiger partial charge on any atom is -0.360 e. The predicted molar refractivity (Wildman–Crippen MR) is 85.5 cm³/mol. The molecule has 21 heavy (non-hydrogen) atoms. The van der Waals surface area contributed by atoms with Crippen LogP contribution in [-0.2, 0) is 6.54 Å². The summed E-state index contributed by atoms with van der Waals surface area (Å²) >= 11 is 0. The van der Waals surface area contributed by atoms with Crippen LogP contribution in [0.1, 0.15) is 15.9 Å². The van der Waals surface area contributed by atoms with Crippen LogP contribution in [0.15, 0.2) is 54.7 Å². The average molecular weight is 279 g/mol. The van der Waals surface area contributed by atoms with Crippen molar-refractivity contribution in [1.29, 1.82) is 0 Å². The number of amides is 1. The van der Waals surface area contributed by atoms with E-state index in [9.17, 15) is 4.79 Å². The first-order valence-corrected chi connectivity index (χ1v) is 6.89. The summed E-state index contributed by atoms with van der Waals surface area (Å²) in [6.07, 6.45) is 1.75. The molecule has 0 radical (unpaired) electrons. The van der Waals surface area contributed by atoms with Gasteiger partial charge in [0.05, 0.1) is 5.56 Å². The molecular weight excluding hydrogens is 262 g/mol. The van der Waals surface area contributed by atoms with Gasteiger partial charge in [-0.15, -0.1) is 0 Å². The summed E-state index contributed by atoms with van der Waals surface area (Å²) in [5.41, 5.74) is 3.56. The lowest BCUT2D eigenvalue weighted by atomic mass is 10.1. The van der Waals surface area contributed by atoms with Crippen LogP contribution in [0, 0.1) is 0 Å². The van der Waals surface area contributed by atoms with Crippen LogP contribution < -0.4 is 10.6 Å². The molecule has 0 aliphatic heterocycles. The van der Waals surface area contributed by atoms with Crippen LogP contribution >= 0.6 is 0 Å². The Morgan fingerprint density at radius 2 is 2.00 bits per heavy atom. The van der Waals surface area contributed by atoms with Gasteiger partial charge in [-0.1, -0.05) is 30.3 Å². The Bertz CT molecular complexity index is 776. The third kappa shape index (κ3) is 2.80. The van der Waals surface area contributed by atoms with E-state index in [1.54, 1.807) is 6.20 Å². The Morgan fingerprint density at radius 1 is 1.14 bits per heavy atom. The average Bonchev–Trinajstić information content (AvgIpc) is 2.92. The number of aromatic amines is 1. The van der Waals surface area contributed by atoms with Crippen molar-refractivity contribution in [1.82, 2.24) is 10.3 Å². The third-order valence-electron chi connectivity index (χ3n) is 3.40. The van der Waals surface area contributed by atoms with Gasteiger partial charge in [0, 0.05) is 29.3 Å². The van der Waals surface area contributed by atoms with Crippen LogP contribution in [0.4, 0.5) is 5.69 Å². The Hall–Kier alpha value is -2.59. The summed E-state index contributed by atoms with van der Waals surface area (Å²) in [7, 11) is 1.90. The summed E-state index contributed by atoms with van der Waals surface area (Å²) in [6.45, 7) is 0.775. The van der Waals surface area contributed by atoms with Crippen molar-refractivity contribution in [2.24, 2.45) is 0 Å². The van der Waals surface area contributed by atoms with Gasteiger partial charge in [0.25, 0.3) is 5.91 Å². The molecule has 1 amide bonds. The fourth-order valence-corrected chi connectivity index (χ4v) is 2.42. The number of nitrogens with one attached hydrogen (secondary N) is 3. The standard InChI is InChI=1S/C17H17N3O/c1-18-10-12-5-4-6-13(9-12)20-17(21)15-11-19-16-8-3-2-7-14(15)16/h2-9,11,18-19H,10H2,1H3,(H,20,21). The topological polar surface area (TPSA) is 56.9 Å². The molecule has 2 aromatic carbocycles. The van der Waals surface area contributed by atoms with E-state index in [4.69, 9.17) is 0 Å². The van der Waals surface area contributed by atoms with E-state index in [2.05, 4.69) is 15.6 Å². The van der Waals surface area contributed by atoms with Gasteiger partial charge in [0.15, 0.2) is 0 Å². The quantitative estimate of drug-likeness (QED) is 0.687. The molecule has 3 aromatic rings. The summed E-state index contributed by atoms with van der Waals surface area (Å²) in [6, 6.07) is 15.6. The van der Waals surface area contributed by atoms with Gasteiger partial charge in [0.1, 0.15) is 0 Å². The number of hydrogen-bond acceptors (Lipinski definition) is 2. The number of carbonyl (C=O) groups is 1. The molecule has 3 N–H and O–H groups in total. The molecule has 4 heteroatoms. The Labute approximate surface area is 123 Å². The second-order valence-corrected chi connectivity index (χ2v) is 4.93. The lowest BCUT2D eigenvalue weighted by Gasteiger charge is -2.07. The summed E-state index contributed by atoms with van der Waals surface area (Å²) < 4.78 is 0. The van der Waals surface area contributed by atoms with Crippen molar-refractivity contribution in [2.45, 2.75) is 6.54 Å². The second kappa shape index (κ2) is 5.81. The monoisotopic (exact) mass is 279 g/mol. The maximum Gasteiger partial charge on any atom is 0.257 e. The smallest absolute Gasteiger partial charge is 0.257 e. The van der Waals surface area contributed by atoms with E-state index in [1.807, 2.05) is 55.6 Å². The molecule has 0 aliphatic carbocycles. The molecule has 1 heterocycles. The first kappa shape index (κ1) is 13.4. The van der Waals surface area contributed by atoms with Crippen molar-refractivity contribution in [3.8, 4) is 0 Å². The number of anilines is 1. The molecule has 4 nitrogen and oxygen atoms in total. The lowest BCUT2D eigenvalue weighted by molar-refractivity contribution is 0.102. The van der Waals surface area contributed by atoms with Crippen LogP contribution in [0.2, 0.25) is 0 Å². The van der Waals surface area contributed by atoms with Gasteiger partial charge in [-0.05, 0) is 30.8 Å². The highest BCUT2D eigenvalue weighted by molar-refractivity contribution is 6.12. The van der Waals surface area contributed by atoms with Gasteiger partial charge in [0.2, 0.25) is 0 Å². The maximum absolute atomic E-state index is 12.4. The van der Waals surface area contributed by atoms with Crippen LogP contribution in [0.25, 0.3) is 10.9 Å². The highest BCUT2D eigenvalue weighted by Gasteiger charge is 2.11. The molecule has 0 bridgehead atoms. The normalized spacial score (nSPS) is 10.7. The number of benzene rings is 2. The molecule has 3 rings (SSSR count). The zero-order chi connectivity index (χ0) is 14.7. The number of rotatable bonds is 4. The van der Waals surface area contributed by atoms with Crippen molar-refractivity contribution in [2.75, 3.05) is 12.4 Å². The molecule has 0 atom stereocenters. The first-order chi connectivity index (χ1) is 10.3. The van der Waals surface area contributed by atoms with E-state index in [0.29, 0.717) is 5.56 Å². The van der Waals surface area contributed by atoms with Gasteiger partial charge in [-0.3, -0.25) is 4.79 Å². The van der Waals surface area contributed by atoms with Crippen molar-refractivity contribution in [3.05, 3.63) is 65.9 Å². The summed E-state index contributed by atoms with van der Waals surface area (Å²) in [4.78, 5) is 15.5. The second-order valence-electron chi connectivity index (χ2n) is 4.93. The molecule has 1 aromatic heterocycles. The van der Waals surface area contributed by atoms with E-state index in [-0.39, 0.29) is 5.91 Å². The third-order valence-corrected chi connectivity index (χ3v) is 3.40. The minimum absolute atomic E-state index is 0.103. The molecular formula is C17H17N3O. The number of carbonyl (C=O) groups excluding carboxylic acids is 1. The molecule has 106 valence electrons. The largest absolute Gasteiger partial charge is 0.360 e. The van der Waals surface area contributed by atoms with Crippen molar-refractivity contribution < 1.29 is 4.79 Å². The molecule has 0 unspecified atom stereocenters.